The quantitative estimate of drug-likeness (QED) is 0.419. The van der Waals surface area contributed by atoms with E-state index in [1.54, 1.807) is 37.1 Å². The Hall–Kier alpha value is -2.81. The van der Waals surface area contributed by atoms with Gasteiger partial charge in [-0.3, -0.25) is 9.59 Å². The van der Waals surface area contributed by atoms with E-state index in [2.05, 4.69) is 10.3 Å². The monoisotopic (exact) mass is 505 g/mol. The molecule has 0 aliphatic carbocycles. The number of ether oxygens (including phenoxy) is 2. The van der Waals surface area contributed by atoms with Crippen molar-refractivity contribution in [2.24, 2.45) is 0 Å². The molecular weight excluding hydrogens is 485 g/mol. The number of thiazole rings is 1. The Labute approximate surface area is 205 Å². The molecule has 1 atom stereocenters. The highest BCUT2D eigenvalue weighted by Gasteiger charge is 2.29. The average Bonchev–Trinajstić information content (AvgIpc) is 3.24. The second-order valence-corrected chi connectivity index (χ2v) is 9.15. The Morgan fingerprint density at radius 3 is 2.88 bits per heavy atom. The third-order valence-electron chi connectivity index (χ3n) is 5.05. The maximum atomic E-state index is 12.3. The molecule has 172 valence electrons. The lowest BCUT2D eigenvalue weighted by atomic mass is 10.1. The smallest absolute Gasteiger partial charge is 0.267 e. The third-order valence-corrected chi connectivity index (χ3v) is 6.34. The fraction of sp³-hybridized carbons (Fsp3) is 0.261. The van der Waals surface area contributed by atoms with Crippen LogP contribution in [0, 0.1) is 0 Å². The molecular formula is C23H21Cl2N3O4S. The summed E-state index contributed by atoms with van der Waals surface area (Å²) >= 11 is 13.3. The summed E-state index contributed by atoms with van der Waals surface area (Å²) in [6, 6.07) is 10.6. The number of nitrogens with zero attached hydrogens (tertiary/aromatic N) is 2. The van der Waals surface area contributed by atoms with Crippen LogP contribution >= 0.6 is 34.5 Å². The predicted octanol–water partition coefficient (Wildman–Crippen LogP) is 5.66. The first-order chi connectivity index (χ1) is 15.8. The number of likely N-dealkylation sites (N-methyl/N-ethyl adjacent to an activating group) is 1. The molecule has 1 aliphatic rings. The minimum atomic E-state index is -0.511. The van der Waals surface area contributed by atoms with Crippen molar-refractivity contribution in [3.05, 3.63) is 51.8 Å². The Kier molecular flexibility index (Phi) is 7.07. The summed E-state index contributed by atoms with van der Waals surface area (Å²) < 4.78 is 11.3. The van der Waals surface area contributed by atoms with E-state index >= 15 is 0 Å². The zero-order valence-electron chi connectivity index (χ0n) is 17.9. The molecule has 0 bridgehead atoms. The predicted molar refractivity (Wildman–Crippen MR) is 131 cm³/mol. The Balaban J connectivity index is 1.31. The van der Waals surface area contributed by atoms with Crippen LogP contribution in [0.4, 0.5) is 10.8 Å². The number of carbonyl (C=O) groups is 2. The van der Waals surface area contributed by atoms with E-state index in [1.165, 1.54) is 11.3 Å². The zero-order valence-corrected chi connectivity index (χ0v) is 20.3. The topological polar surface area (TPSA) is 80.8 Å². The Morgan fingerprint density at radius 1 is 1.27 bits per heavy atom. The van der Waals surface area contributed by atoms with Crippen LogP contribution in [0.15, 0.2) is 41.8 Å². The standard InChI is InChI=1S/C23H21Cl2N3O4S/c1-13-22(30)28(2)18-10-14(5-7-20(18)32-13)17-12-33-23(26-17)27-21(29)4-3-9-31-19-8-6-15(24)11-16(19)25/h5-8,10-13H,3-4,9H2,1-2H3,(H,26,27,29). The van der Waals surface area contributed by atoms with Crippen LogP contribution in [0.1, 0.15) is 19.8 Å². The highest BCUT2D eigenvalue weighted by molar-refractivity contribution is 7.14. The van der Waals surface area contributed by atoms with Crippen molar-refractivity contribution in [2.45, 2.75) is 25.9 Å². The molecule has 7 nitrogen and oxygen atoms in total. The lowest BCUT2D eigenvalue weighted by Crippen LogP contribution is -2.41. The second kappa shape index (κ2) is 9.99. The number of rotatable bonds is 7. The van der Waals surface area contributed by atoms with Gasteiger partial charge in [-0.05, 0) is 49.7 Å². The van der Waals surface area contributed by atoms with Crippen LogP contribution in [-0.2, 0) is 9.59 Å². The molecule has 1 N–H and O–H groups in total. The molecule has 1 aliphatic heterocycles. The molecule has 0 saturated carbocycles. The molecule has 1 unspecified atom stereocenters. The van der Waals surface area contributed by atoms with Crippen LogP contribution < -0.4 is 19.7 Å². The number of nitrogens with one attached hydrogen (secondary N) is 1. The van der Waals surface area contributed by atoms with E-state index in [1.807, 2.05) is 23.6 Å². The van der Waals surface area contributed by atoms with Crippen LogP contribution in [0.3, 0.4) is 0 Å². The van der Waals surface area contributed by atoms with Gasteiger partial charge in [-0.1, -0.05) is 23.2 Å². The van der Waals surface area contributed by atoms with Crippen molar-refractivity contribution in [3.8, 4) is 22.8 Å². The van der Waals surface area contributed by atoms with Crippen molar-refractivity contribution >= 4 is 57.2 Å². The number of halogens is 2. The van der Waals surface area contributed by atoms with E-state index in [4.69, 9.17) is 32.7 Å². The molecule has 2 heterocycles. The number of carbonyl (C=O) groups excluding carboxylic acids is 2. The van der Waals surface area contributed by atoms with Crippen molar-refractivity contribution in [1.82, 2.24) is 4.98 Å². The fourth-order valence-corrected chi connectivity index (χ4v) is 4.52. The lowest BCUT2D eigenvalue weighted by molar-refractivity contribution is -0.125. The van der Waals surface area contributed by atoms with Gasteiger partial charge >= 0.3 is 0 Å². The summed E-state index contributed by atoms with van der Waals surface area (Å²) in [4.78, 5) is 30.6. The van der Waals surface area contributed by atoms with Gasteiger partial charge < -0.3 is 19.7 Å². The first-order valence-electron chi connectivity index (χ1n) is 10.2. The molecule has 0 fully saturated rings. The Bertz CT molecular complexity index is 1200. The molecule has 3 aromatic rings. The van der Waals surface area contributed by atoms with Gasteiger partial charge in [0.25, 0.3) is 5.91 Å². The number of hydrogen-bond donors (Lipinski definition) is 1. The van der Waals surface area contributed by atoms with E-state index in [9.17, 15) is 9.59 Å². The zero-order chi connectivity index (χ0) is 23.5. The fourth-order valence-electron chi connectivity index (χ4n) is 3.32. The first-order valence-corrected chi connectivity index (χ1v) is 11.9. The van der Waals surface area contributed by atoms with Crippen molar-refractivity contribution in [3.63, 3.8) is 0 Å². The SMILES string of the molecule is CC1Oc2ccc(-c3csc(NC(=O)CCCOc4ccc(Cl)cc4Cl)n3)cc2N(C)C1=O. The molecule has 2 amide bonds. The molecule has 4 rings (SSSR count). The van der Waals surface area contributed by atoms with Crippen molar-refractivity contribution < 1.29 is 19.1 Å². The van der Waals surface area contributed by atoms with Gasteiger partial charge in [0.2, 0.25) is 5.91 Å². The van der Waals surface area contributed by atoms with Crippen LogP contribution in [-0.4, -0.2) is 36.6 Å². The molecule has 33 heavy (non-hydrogen) atoms. The lowest BCUT2D eigenvalue weighted by Gasteiger charge is -2.30. The summed E-state index contributed by atoms with van der Waals surface area (Å²) in [6.45, 7) is 2.07. The second-order valence-electron chi connectivity index (χ2n) is 7.45. The summed E-state index contributed by atoms with van der Waals surface area (Å²) in [7, 11) is 1.72. The van der Waals surface area contributed by atoms with Crippen LogP contribution in [0.25, 0.3) is 11.3 Å². The first kappa shape index (κ1) is 23.4. The number of aromatic nitrogens is 1. The van der Waals surface area contributed by atoms with Gasteiger partial charge in [-0.2, -0.15) is 0 Å². The maximum absolute atomic E-state index is 12.3. The largest absolute Gasteiger partial charge is 0.492 e. The highest BCUT2D eigenvalue weighted by atomic mass is 35.5. The number of amides is 2. The average molecular weight is 506 g/mol. The summed E-state index contributed by atoms with van der Waals surface area (Å²) in [5, 5.41) is 6.14. The number of fused-ring (bicyclic) bond motifs is 1. The summed E-state index contributed by atoms with van der Waals surface area (Å²) in [6.07, 6.45) is 0.289. The molecule has 1 aromatic heterocycles. The van der Waals surface area contributed by atoms with E-state index in [0.29, 0.717) is 51.1 Å². The van der Waals surface area contributed by atoms with Gasteiger partial charge in [-0.15, -0.1) is 11.3 Å². The van der Waals surface area contributed by atoms with Crippen LogP contribution in [0.2, 0.25) is 10.0 Å². The molecule has 2 aromatic carbocycles. The Morgan fingerprint density at radius 2 is 2.09 bits per heavy atom. The van der Waals surface area contributed by atoms with Gasteiger partial charge in [-0.25, -0.2) is 4.98 Å². The normalized spacial score (nSPS) is 15.1. The number of anilines is 2. The van der Waals surface area contributed by atoms with E-state index in [-0.39, 0.29) is 18.2 Å². The number of hydrogen-bond acceptors (Lipinski definition) is 6. The third kappa shape index (κ3) is 5.40. The van der Waals surface area contributed by atoms with Gasteiger partial charge in [0.1, 0.15) is 11.5 Å². The van der Waals surface area contributed by atoms with E-state index < -0.39 is 6.10 Å². The minimum absolute atomic E-state index is 0.104. The summed E-state index contributed by atoms with van der Waals surface area (Å²) in [5.41, 5.74) is 2.23. The molecule has 10 heteroatoms. The van der Waals surface area contributed by atoms with Gasteiger partial charge in [0.15, 0.2) is 11.2 Å². The highest BCUT2D eigenvalue weighted by Crippen LogP contribution is 2.37. The van der Waals surface area contributed by atoms with Crippen LogP contribution in [0.5, 0.6) is 11.5 Å². The molecule has 0 saturated heterocycles. The molecule has 0 radical (unpaired) electrons. The minimum Gasteiger partial charge on any atom is -0.492 e. The van der Waals surface area contributed by atoms with Gasteiger partial charge in [0, 0.05) is 29.4 Å². The molecule has 0 spiro atoms. The van der Waals surface area contributed by atoms with Crippen molar-refractivity contribution in [1.29, 1.82) is 0 Å². The van der Waals surface area contributed by atoms with E-state index in [0.717, 1.165) is 5.56 Å². The summed E-state index contributed by atoms with van der Waals surface area (Å²) in [5.74, 6) is 0.926. The maximum Gasteiger partial charge on any atom is 0.267 e. The number of benzene rings is 2. The van der Waals surface area contributed by atoms with Crippen molar-refractivity contribution in [2.75, 3.05) is 23.9 Å². The van der Waals surface area contributed by atoms with Gasteiger partial charge in [0.05, 0.1) is 23.0 Å².